The molecule has 118 valence electrons. The Morgan fingerprint density at radius 3 is 2.75 bits per heavy atom. The average molecular weight is 331 g/mol. The molecular weight excluding hydrogens is 309 g/mol. The molecule has 2 unspecified atom stereocenters. The normalized spacial score (nSPS) is 21.1. The fourth-order valence-corrected chi connectivity index (χ4v) is 2.51. The van der Waals surface area contributed by atoms with E-state index >= 15 is 0 Å². The molecule has 0 spiro atoms. The Morgan fingerprint density at radius 2 is 2.15 bits per heavy atom. The first-order valence-electron chi connectivity index (χ1n) is 6.35. The van der Waals surface area contributed by atoms with Gasteiger partial charge in [0.1, 0.15) is 5.82 Å². The number of halogens is 4. The number of hydrogen-bond donors (Lipinski definition) is 1. The van der Waals surface area contributed by atoms with E-state index < -0.39 is 6.55 Å². The van der Waals surface area contributed by atoms with Crippen LogP contribution in [-0.4, -0.2) is 33.6 Å². The maximum Gasteiger partial charge on any atom is 0.319 e. The molecule has 2 rings (SSSR count). The van der Waals surface area contributed by atoms with Crippen LogP contribution in [0.1, 0.15) is 32.1 Å². The van der Waals surface area contributed by atoms with E-state index in [0.717, 1.165) is 30.5 Å². The maximum atomic E-state index is 12.7. The van der Waals surface area contributed by atoms with E-state index in [2.05, 4.69) is 9.88 Å². The van der Waals surface area contributed by atoms with Gasteiger partial charge in [0.15, 0.2) is 0 Å². The van der Waals surface area contributed by atoms with Gasteiger partial charge in [-0.15, -0.1) is 24.8 Å². The fourth-order valence-electron chi connectivity index (χ4n) is 2.51. The van der Waals surface area contributed by atoms with Crippen molar-refractivity contribution < 1.29 is 8.78 Å². The van der Waals surface area contributed by atoms with Crippen molar-refractivity contribution in [3.63, 3.8) is 0 Å². The molecule has 0 aliphatic carbocycles. The largest absolute Gasteiger partial charge is 0.328 e. The number of nitrogens with two attached hydrogens (primary N) is 1. The van der Waals surface area contributed by atoms with Crippen molar-refractivity contribution in [2.24, 2.45) is 11.7 Å². The highest BCUT2D eigenvalue weighted by atomic mass is 35.5. The number of imidazole rings is 1. The average Bonchev–Trinajstić information content (AvgIpc) is 2.77. The molecule has 0 amide bonds. The maximum absolute atomic E-state index is 12.7. The van der Waals surface area contributed by atoms with Crippen LogP contribution in [0.15, 0.2) is 12.4 Å². The third kappa shape index (κ3) is 4.84. The second-order valence-electron chi connectivity index (χ2n) is 5.02. The molecule has 0 bridgehead atoms. The summed E-state index contributed by atoms with van der Waals surface area (Å²) in [5.41, 5.74) is 5.91. The molecule has 0 saturated carbocycles. The van der Waals surface area contributed by atoms with Gasteiger partial charge in [-0.2, -0.15) is 8.78 Å². The summed E-state index contributed by atoms with van der Waals surface area (Å²) in [4.78, 5) is 6.18. The van der Waals surface area contributed by atoms with Crippen molar-refractivity contribution in [1.82, 2.24) is 14.5 Å². The molecule has 1 fully saturated rings. The Kier molecular flexibility index (Phi) is 8.58. The quantitative estimate of drug-likeness (QED) is 0.923. The molecule has 8 heteroatoms. The van der Waals surface area contributed by atoms with Crippen LogP contribution in [0.25, 0.3) is 0 Å². The van der Waals surface area contributed by atoms with Gasteiger partial charge in [-0.1, -0.05) is 0 Å². The first-order valence-corrected chi connectivity index (χ1v) is 6.35. The molecule has 2 atom stereocenters. The SMILES string of the molecule is CC(N)C1CCCN(Cc2nccn2C(F)F)C1.Cl.Cl. The van der Waals surface area contributed by atoms with Crippen LogP contribution in [0.2, 0.25) is 0 Å². The van der Waals surface area contributed by atoms with Gasteiger partial charge in [0.05, 0.1) is 6.54 Å². The molecule has 2 heterocycles. The second kappa shape index (κ2) is 8.77. The minimum Gasteiger partial charge on any atom is -0.328 e. The summed E-state index contributed by atoms with van der Waals surface area (Å²) in [6.07, 6.45) is 4.94. The third-order valence-corrected chi connectivity index (χ3v) is 3.61. The minimum absolute atomic E-state index is 0. The molecule has 1 aromatic heterocycles. The lowest BCUT2D eigenvalue weighted by molar-refractivity contribution is 0.0614. The van der Waals surface area contributed by atoms with E-state index in [1.807, 2.05) is 6.92 Å². The van der Waals surface area contributed by atoms with E-state index in [4.69, 9.17) is 5.73 Å². The van der Waals surface area contributed by atoms with Crippen molar-refractivity contribution in [2.75, 3.05) is 13.1 Å². The van der Waals surface area contributed by atoms with Gasteiger partial charge in [-0.05, 0) is 32.2 Å². The zero-order valence-electron chi connectivity index (χ0n) is 11.4. The van der Waals surface area contributed by atoms with Gasteiger partial charge < -0.3 is 5.73 Å². The highest BCUT2D eigenvalue weighted by Crippen LogP contribution is 2.21. The monoisotopic (exact) mass is 330 g/mol. The van der Waals surface area contributed by atoms with Crippen LogP contribution in [0, 0.1) is 5.92 Å². The van der Waals surface area contributed by atoms with Crippen LogP contribution in [0.5, 0.6) is 0 Å². The molecule has 0 radical (unpaired) electrons. The van der Waals surface area contributed by atoms with E-state index in [9.17, 15) is 8.78 Å². The number of aromatic nitrogens is 2. The van der Waals surface area contributed by atoms with Gasteiger partial charge in [0.2, 0.25) is 0 Å². The summed E-state index contributed by atoms with van der Waals surface area (Å²) in [5, 5.41) is 0. The fraction of sp³-hybridized carbons (Fsp3) is 0.750. The zero-order chi connectivity index (χ0) is 13.1. The lowest BCUT2D eigenvalue weighted by Gasteiger charge is -2.34. The van der Waals surface area contributed by atoms with Gasteiger partial charge in [0.25, 0.3) is 0 Å². The topological polar surface area (TPSA) is 47.1 Å². The zero-order valence-corrected chi connectivity index (χ0v) is 13.0. The van der Waals surface area contributed by atoms with Crippen LogP contribution < -0.4 is 5.73 Å². The van der Waals surface area contributed by atoms with E-state index in [1.165, 1.54) is 12.4 Å². The summed E-state index contributed by atoms with van der Waals surface area (Å²) in [5.74, 6) is 0.879. The Balaban J connectivity index is 0.00000180. The smallest absolute Gasteiger partial charge is 0.319 e. The Labute approximate surface area is 130 Å². The molecule has 0 aromatic carbocycles. The molecule has 1 aliphatic rings. The van der Waals surface area contributed by atoms with Gasteiger partial charge in [-0.3, -0.25) is 9.47 Å². The number of nitrogens with zero attached hydrogens (tertiary/aromatic N) is 3. The molecular formula is C12H22Cl2F2N4. The summed E-state index contributed by atoms with van der Waals surface area (Å²) < 4.78 is 26.3. The summed E-state index contributed by atoms with van der Waals surface area (Å²) >= 11 is 0. The van der Waals surface area contributed by atoms with Gasteiger partial charge in [0, 0.05) is 25.0 Å². The van der Waals surface area contributed by atoms with E-state index in [0.29, 0.717) is 18.3 Å². The van der Waals surface area contributed by atoms with Crippen LogP contribution >= 0.6 is 24.8 Å². The molecule has 4 nitrogen and oxygen atoms in total. The Hall–Kier alpha value is -0.430. The van der Waals surface area contributed by atoms with Crippen molar-refractivity contribution in [3.05, 3.63) is 18.2 Å². The number of likely N-dealkylation sites (tertiary alicyclic amines) is 1. The van der Waals surface area contributed by atoms with Crippen molar-refractivity contribution in [3.8, 4) is 0 Å². The first kappa shape index (κ1) is 19.6. The highest BCUT2D eigenvalue weighted by Gasteiger charge is 2.24. The van der Waals surface area contributed by atoms with Crippen molar-refractivity contribution in [2.45, 2.75) is 38.9 Å². The van der Waals surface area contributed by atoms with E-state index in [1.54, 1.807) is 0 Å². The number of hydrogen-bond acceptors (Lipinski definition) is 3. The van der Waals surface area contributed by atoms with Gasteiger partial charge in [-0.25, -0.2) is 4.98 Å². The second-order valence-corrected chi connectivity index (χ2v) is 5.02. The molecule has 1 aromatic rings. The van der Waals surface area contributed by atoms with Crippen LogP contribution in [0.3, 0.4) is 0 Å². The summed E-state index contributed by atoms with van der Waals surface area (Å²) in [7, 11) is 0. The number of alkyl halides is 2. The highest BCUT2D eigenvalue weighted by molar-refractivity contribution is 5.85. The molecule has 20 heavy (non-hydrogen) atoms. The van der Waals surface area contributed by atoms with Gasteiger partial charge >= 0.3 is 6.55 Å². The lowest BCUT2D eigenvalue weighted by Crippen LogP contribution is -2.42. The van der Waals surface area contributed by atoms with Crippen molar-refractivity contribution in [1.29, 1.82) is 0 Å². The minimum atomic E-state index is -2.52. The molecule has 2 N–H and O–H groups in total. The number of rotatable bonds is 4. The third-order valence-electron chi connectivity index (χ3n) is 3.61. The predicted octanol–water partition coefficient (Wildman–Crippen LogP) is 2.68. The molecule has 1 aliphatic heterocycles. The van der Waals surface area contributed by atoms with Crippen LogP contribution in [0.4, 0.5) is 8.78 Å². The Bertz CT molecular complexity index is 387. The van der Waals surface area contributed by atoms with Crippen molar-refractivity contribution >= 4 is 24.8 Å². The lowest BCUT2D eigenvalue weighted by atomic mass is 9.92. The van der Waals surface area contributed by atoms with Crippen LogP contribution in [-0.2, 0) is 6.54 Å². The predicted molar refractivity (Wildman–Crippen MR) is 79.6 cm³/mol. The molecule has 1 saturated heterocycles. The number of piperidine rings is 1. The van der Waals surface area contributed by atoms with E-state index in [-0.39, 0.29) is 30.9 Å². The first-order chi connectivity index (χ1) is 8.58. The standard InChI is InChI=1S/C12H20F2N4.2ClH/c1-9(15)10-3-2-5-17(7-10)8-11-16-4-6-18(11)12(13)14;;/h4,6,9-10,12H,2-3,5,7-8,15H2,1H3;2*1H. The summed E-state index contributed by atoms with van der Waals surface area (Å²) in [6.45, 7) is 1.76. The Morgan fingerprint density at radius 1 is 1.45 bits per heavy atom. The summed E-state index contributed by atoms with van der Waals surface area (Å²) in [6, 6.07) is 0.155.